The van der Waals surface area contributed by atoms with Crippen molar-refractivity contribution in [3.8, 4) is 0 Å². The van der Waals surface area contributed by atoms with Crippen molar-refractivity contribution in [3.05, 3.63) is 23.3 Å². The number of carbonyl (C=O) groups is 4. The number of aliphatic hydroxyl groups is 2. The Hall–Kier alpha value is -2.15. The molecule has 312 valence electrons. The highest BCUT2D eigenvalue weighted by Gasteiger charge is 2.56. The number of rotatable bonds is 5. The van der Waals surface area contributed by atoms with E-state index >= 15 is 0 Å². The van der Waals surface area contributed by atoms with Gasteiger partial charge in [0.05, 0.1) is 18.3 Å². The standard InChI is InChI=1S/C43H68ClNO10/c1-10-31-18-24(2)17-25(3)19-36(52-8)39-37(53-9)22-28(6)43(51,55-39)40(48)41(49)45-16-12-11-13-33(45)42(50)54-38(29(7)34(46)23-35(31)47)27(5)21-30-14-15-32(44)26(4)20-30/h18,21,25-26,28-34,36-39,46,51H,10-17,19-20,22-23H2,1-9H3/b24-18+,27-21+/t25-,26+,28+,29+,30+,31+,32-,33-,34-,36-,37-,38+,39+,43+/m0/s1. The summed E-state index contributed by atoms with van der Waals surface area (Å²) in [6.07, 6.45) is 5.94. The molecule has 4 rings (SSSR count). The number of ether oxygens (including phenoxy) is 4. The fraction of sp³-hybridized carbons (Fsp3) is 0.814. The van der Waals surface area contributed by atoms with Crippen LogP contribution in [-0.4, -0.2) is 107 Å². The Morgan fingerprint density at radius 2 is 1.67 bits per heavy atom. The van der Waals surface area contributed by atoms with E-state index in [0.29, 0.717) is 38.0 Å². The monoisotopic (exact) mass is 793 g/mol. The summed E-state index contributed by atoms with van der Waals surface area (Å²) in [5.74, 6) is -6.75. The largest absolute Gasteiger partial charge is 0.456 e. The van der Waals surface area contributed by atoms with Crippen molar-refractivity contribution >= 4 is 35.0 Å². The number of amides is 1. The van der Waals surface area contributed by atoms with Gasteiger partial charge >= 0.3 is 5.97 Å². The lowest BCUT2D eigenvalue weighted by molar-refractivity contribution is -0.302. The summed E-state index contributed by atoms with van der Waals surface area (Å²) in [7, 11) is 3.08. The Balaban J connectivity index is 1.76. The van der Waals surface area contributed by atoms with Gasteiger partial charge in [-0.3, -0.25) is 14.4 Å². The maximum Gasteiger partial charge on any atom is 0.329 e. The molecule has 1 aliphatic carbocycles. The van der Waals surface area contributed by atoms with Crippen LogP contribution in [-0.2, 0) is 38.1 Å². The maximum atomic E-state index is 14.3. The first-order valence-electron chi connectivity index (χ1n) is 20.7. The molecule has 0 unspecified atom stereocenters. The lowest BCUT2D eigenvalue weighted by atomic mass is 9.80. The number of cyclic esters (lactones) is 1. The van der Waals surface area contributed by atoms with E-state index in [-0.39, 0.29) is 48.8 Å². The summed E-state index contributed by atoms with van der Waals surface area (Å²) < 4.78 is 24.3. The van der Waals surface area contributed by atoms with Crippen molar-refractivity contribution in [2.75, 3.05) is 20.8 Å². The molecule has 0 aromatic heterocycles. The smallest absolute Gasteiger partial charge is 0.329 e. The van der Waals surface area contributed by atoms with E-state index in [1.54, 1.807) is 28.1 Å². The van der Waals surface area contributed by atoms with Crippen molar-refractivity contribution in [3.63, 3.8) is 0 Å². The van der Waals surface area contributed by atoms with E-state index in [2.05, 4.69) is 19.9 Å². The molecule has 4 aliphatic rings. The van der Waals surface area contributed by atoms with Gasteiger partial charge in [0, 0.05) is 50.3 Å². The fourth-order valence-electron chi connectivity index (χ4n) is 9.39. The summed E-state index contributed by atoms with van der Waals surface area (Å²) >= 11 is 6.53. The fourth-order valence-corrected chi connectivity index (χ4v) is 9.62. The second-order valence-corrected chi connectivity index (χ2v) is 17.9. The van der Waals surface area contributed by atoms with Gasteiger partial charge < -0.3 is 34.1 Å². The minimum absolute atomic E-state index is 0.0506. The zero-order valence-corrected chi connectivity index (χ0v) is 35.4. The van der Waals surface area contributed by atoms with Gasteiger partial charge in [0.15, 0.2) is 0 Å². The number of hydrogen-bond acceptors (Lipinski definition) is 10. The molecule has 0 spiro atoms. The average Bonchev–Trinajstić information content (AvgIpc) is 3.15. The summed E-state index contributed by atoms with van der Waals surface area (Å²) in [5.41, 5.74) is 1.76. The van der Waals surface area contributed by atoms with Gasteiger partial charge in [-0.15, -0.1) is 11.6 Å². The molecule has 1 saturated carbocycles. The highest BCUT2D eigenvalue weighted by Crippen LogP contribution is 2.39. The van der Waals surface area contributed by atoms with E-state index in [0.717, 1.165) is 30.4 Å². The quantitative estimate of drug-likeness (QED) is 0.140. The lowest BCUT2D eigenvalue weighted by Gasteiger charge is -2.47. The molecule has 12 heteroatoms. The van der Waals surface area contributed by atoms with Crippen LogP contribution in [0.1, 0.15) is 119 Å². The second kappa shape index (κ2) is 20.0. The van der Waals surface area contributed by atoms with Gasteiger partial charge in [0.2, 0.25) is 5.79 Å². The van der Waals surface area contributed by atoms with Crippen molar-refractivity contribution in [2.24, 2.45) is 35.5 Å². The van der Waals surface area contributed by atoms with E-state index in [1.165, 1.54) is 4.90 Å². The Morgan fingerprint density at radius 3 is 2.31 bits per heavy atom. The molecular formula is C43H68ClNO10. The molecule has 11 nitrogen and oxygen atoms in total. The Bertz CT molecular complexity index is 1420. The van der Waals surface area contributed by atoms with E-state index in [4.69, 9.17) is 30.5 Å². The number of fused-ring (bicyclic) bond motifs is 3. The molecule has 0 aromatic carbocycles. The lowest BCUT2D eigenvalue weighted by Crippen LogP contribution is -2.64. The van der Waals surface area contributed by atoms with Gasteiger partial charge in [-0.25, -0.2) is 4.79 Å². The van der Waals surface area contributed by atoms with Crippen LogP contribution < -0.4 is 0 Å². The number of carbonyl (C=O) groups excluding carboxylic acids is 4. The summed E-state index contributed by atoms with van der Waals surface area (Å²) in [6, 6.07) is -1.09. The van der Waals surface area contributed by atoms with Gasteiger partial charge in [-0.05, 0) is 101 Å². The number of hydrogen-bond donors (Lipinski definition) is 2. The first-order valence-corrected chi connectivity index (χ1v) is 21.1. The van der Waals surface area contributed by atoms with Crippen molar-refractivity contribution in [1.29, 1.82) is 0 Å². The van der Waals surface area contributed by atoms with Gasteiger partial charge in [0.25, 0.3) is 11.7 Å². The normalized spacial score (nSPS) is 42.1. The summed E-state index contributed by atoms with van der Waals surface area (Å²) in [5, 5.41) is 23.8. The number of nitrogens with zero attached hydrogens (tertiary/aromatic N) is 1. The summed E-state index contributed by atoms with van der Waals surface area (Å²) in [4.78, 5) is 57.6. The number of piperidine rings is 1. The number of halogens is 1. The highest BCUT2D eigenvalue weighted by atomic mass is 35.5. The third-order valence-corrected chi connectivity index (χ3v) is 13.5. The minimum Gasteiger partial charge on any atom is -0.456 e. The Labute approximate surface area is 333 Å². The van der Waals surface area contributed by atoms with Gasteiger partial charge in [-0.2, -0.15) is 0 Å². The molecule has 3 heterocycles. The number of esters is 1. The molecule has 3 fully saturated rings. The maximum absolute atomic E-state index is 14.3. The highest BCUT2D eigenvalue weighted by molar-refractivity contribution is 6.39. The molecular weight excluding hydrogens is 726 g/mol. The number of alkyl halides is 1. The van der Waals surface area contributed by atoms with E-state index in [9.17, 15) is 29.4 Å². The summed E-state index contributed by atoms with van der Waals surface area (Å²) in [6.45, 7) is 13.6. The zero-order chi connectivity index (χ0) is 40.8. The van der Waals surface area contributed by atoms with Crippen LogP contribution in [0.3, 0.4) is 0 Å². The Morgan fingerprint density at radius 1 is 1.00 bits per heavy atom. The molecule has 0 radical (unpaired) electrons. The molecule has 3 aliphatic heterocycles. The van der Waals surface area contributed by atoms with Crippen LogP contribution in [0.5, 0.6) is 0 Å². The third kappa shape index (κ3) is 10.9. The topological polar surface area (TPSA) is 149 Å². The van der Waals surface area contributed by atoms with Crippen molar-refractivity contribution < 1.29 is 48.3 Å². The average molecular weight is 794 g/mol. The number of methoxy groups -OCH3 is 2. The van der Waals surface area contributed by atoms with Crippen LogP contribution in [0.25, 0.3) is 0 Å². The van der Waals surface area contributed by atoms with Crippen LogP contribution in [0, 0.1) is 35.5 Å². The molecule has 55 heavy (non-hydrogen) atoms. The van der Waals surface area contributed by atoms with Crippen LogP contribution in [0.2, 0.25) is 0 Å². The number of allylic oxidation sites excluding steroid dienone is 3. The van der Waals surface area contributed by atoms with Crippen LogP contribution in [0.4, 0.5) is 0 Å². The van der Waals surface area contributed by atoms with Crippen molar-refractivity contribution in [2.45, 2.75) is 167 Å². The second-order valence-electron chi connectivity index (χ2n) is 17.3. The number of ketones is 2. The molecule has 14 atom stereocenters. The van der Waals surface area contributed by atoms with Gasteiger partial charge in [-0.1, -0.05) is 52.3 Å². The molecule has 2 saturated heterocycles. The number of aliphatic hydroxyl groups excluding tert-OH is 1. The number of Topliss-reactive ketones (excluding diaryl/α,β-unsaturated/α-hetero) is 2. The van der Waals surface area contributed by atoms with Crippen molar-refractivity contribution in [1.82, 2.24) is 4.90 Å². The molecule has 1 amide bonds. The minimum atomic E-state index is -2.48. The SMILES string of the molecule is CC[C@@H]1/C=C(\C)C[C@H](C)C[C@H](OC)[C@H]2O[C@@](O)(C(=O)C(=O)N3CCCC[C@H]3C(=O)O[C@H](/C(C)=C/[C@@H]3CC[C@H](Cl)[C@H](C)C3)[C@H](C)[C@@H](O)CC1=O)[C@H](C)C[C@@H]2OC. The first-order chi connectivity index (χ1) is 25.9. The Kier molecular flexibility index (Phi) is 16.6. The van der Waals surface area contributed by atoms with Crippen LogP contribution >= 0.6 is 11.6 Å². The van der Waals surface area contributed by atoms with Crippen LogP contribution in [0.15, 0.2) is 23.3 Å². The molecule has 2 bridgehead atoms. The predicted octanol–water partition coefficient (Wildman–Crippen LogP) is 6.34. The molecule has 2 N–H and O–H groups in total. The first kappa shape index (κ1) is 45.6. The van der Waals surface area contributed by atoms with Gasteiger partial charge in [0.1, 0.15) is 24.0 Å². The molecule has 0 aromatic rings. The van der Waals surface area contributed by atoms with E-state index in [1.807, 2.05) is 26.8 Å². The van der Waals surface area contributed by atoms with E-state index < -0.39 is 77.8 Å². The predicted molar refractivity (Wildman–Crippen MR) is 210 cm³/mol. The zero-order valence-electron chi connectivity index (χ0n) is 34.6. The third-order valence-electron chi connectivity index (χ3n) is 12.9.